The van der Waals surface area contributed by atoms with Gasteiger partial charge in [0.25, 0.3) is 0 Å². The lowest BCUT2D eigenvalue weighted by Gasteiger charge is -2.00. The molecule has 1 amide bonds. The summed E-state index contributed by atoms with van der Waals surface area (Å²) in [5.74, 6) is 0.0104. The molecular weight excluding hydrogens is 252 g/mol. The summed E-state index contributed by atoms with van der Waals surface area (Å²) < 4.78 is 40.7. The Labute approximate surface area is 97.0 Å². The molecule has 1 rings (SSSR count). The second kappa shape index (κ2) is 5.46. The lowest BCUT2D eigenvalue weighted by atomic mass is 10.5. The minimum absolute atomic E-state index is 0.0104. The molecule has 8 nitrogen and oxygen atoms in total. The predicted molar refractivity (Wildman–Crippen MR) is 54.4 cm³/mol. The van der Waals surface area contributed by atoms with Crippen LogP contribution >= 0.6 is 0 Å². The molecule has 9 heteroatoms. The fourth-order valence-corrected chi connectivity index (χ4v) is 1.28. The van der Waals surface area contributed by atoms with E-state index in [0.717, 1.165) is 12.3 Å². The number of hydrogen-bond acceptors (Lipinski definition) is 7. The molecule has 1 aromatic heterocycles. The van der Waals surface area contributed by atoms with Gasteiger partial charge in [-0.2, -0.15) is 5.10 Å². The van der Waals surface area contributed by atoms with E-state index < -0.39 is 21.3 Å². The number of rotatable bonds is 4. The van der Waals surface area contributed by atoms with Crippen LogP contribution in [0, 0.1) is 0 Å². The van der Waals surface area contributed by atoms with Crippen LogP contribution in [0.4, 0.5) is 4.79 Å². The number of nitrogens with zero attached hydrogens (tertiary/aromatic N) is 1. The Morgan fingerprint density at radius 1 is 1.65 bits per heavy atom. The number of carbonyl (C=O) groups is 1. The van der Waals surface area contributed by atoms with Crippen LogP contribution in [0.15, 0.2) is 26.7 Å². The lowest BCUT2D eigenvalue weighted by molar-refractivity contribution is 0.152. The van der Waals surface area contributed by atoms with Crippen LogP contribution in [0.25, 0.3) is 0 Å². The Hall–Kier alpha value is -1.87. The van der Waals surface area contributed by atoms with Gasteiger partial charge in [-0.25, -0.2) is 18.6 Å². The monoisotopic (exact) mass is 261 g/mol. The molecule has 0 unspecified atom stereocenters. The number of hydrazone groups is 1. The molecule has 0 radical (unpaired) electrons. The molecule has 0 saturated heterocycles. The van der Waals surface area contributed by atoms with Gasteiger partial charge < -0.3 is 13.7 Å². The largest absolute Gasteiger partial charge is 0.742 e. The van der Waals surface area contributed by atoms with Crippen LogP contribution in [0.3, 0.4) is 0 Å². The van der Waals surface area contributed by atoms with Crippen molar-refractivity contribution in [2.45, 2.75) is 12.0 Å². The zero-order valence-electron chi connectivity index (χ0n) is 8.74. The summed E-state index contributed by atoms with van der Waals surface area (Å²) in [6.45, 7) is 1.82. The summed E-state index contributed by atoms with van der Waals surface area (Å²) in [5, 5.41) is 2.70. The summed E-state index contributed by atoms with van der Waals surface area (Å²) in [7, 11) is -4.62. The summed E-state index contributed by atoms with van der Waals surface area (Å²) >= 11 is 0. The van der Waals surface area contributed by atoms with E-state index in [-0.39, 0.29) is 12.4 Å². The molecule has 0 aliphatic heterocycles. The molecule has 1 N–H and O–H groups in total. The Morgan fingerprint density at radius 3 is 2.88 bits per heavy atom. The van der Waals surface area contributed by atoms with Gasteiger partial charge in [-0.15, -0.1) is 0 Å². The third kappa shape index (κ3) is 4.25. The van der Waals surface area contributed by atoms with E-state index >= 15 is 0 Å². The molecule has 94 valence electrons. The molecule has 0 saturated carbocycles. The van der Waals surface area contributed by atoms with Crippen LogP contribution < -0.4 is 5.43 Å². The Balaban J connectivity index is 2.61. The lowest BCUT2D eigenvalue weighted by Crippen LogP contribution is -2.18. The average Bonchev–Trinajstić information content (AvgIpc) is 2.66. The Morgan fingerprint density at radius 2 is 2.35 bits per heavy atom. The SMILES string of the molecule is CCOC(=O)N/N=C\c1ccc(S(=O)(=O)[O-])o1. The highest BCUT2D eigenvalue weighted by Crippen LogP contribution is 2.11. The molecule has 0 aliphatic carbocycles. The maximum atomic E-state index is 10.8. The van der Waals surface area contributed by atoms with Gasteiger partial charge >= 0.3 is 6.09 Å². The highest BCUT2D eigenvalue weighted by atomic mass is 32.2. The standard InChI is InChI=1S/C8H10N2O6S/c1-2-15-8(11)10-9-5-6-3-4-7(16-6)17(12,13)14/h3-5H,2H2,1H3,(H,10,11)(H,12,13,14)/p-1/b9-5-. The van der Waals surface area contributed by atoms with Crippen LogP contribution in [0.5, 0.6) is 0 Å². The fourth-order valence-electron chi connectivity index (χ4n) is 0.850. The first-order valence-electron chi connectivity index (χ1n) is 4.45. The van der Waals surface area contributed by atoms with Crippen molar-refractivity contribution in [1.82, 2.24) is 5.43 Å². The van der Waals surface area contributed by atoms with E-state index in [1.807, 2.05) is 5.43 Å². The van der Waals surface area contributed by atoms with Crippen molar-refractivity contribution in [2.24, 2.45) is 5.10 Å². The van der Waals surface area contributed by atoms with Crippen molar-refractivity contribution < 1.29 is 26.9 Å². The van der Waals surface area contributed by atoms with Gasteiger partial charge in [0.15, 0.2) is 10.1 Å². The fraction of sp³-hybridized carbons (Fsp3) is 0.250. The highest BCUT2D eigenvalue weighted by Gasteiger charge is 2.06. The van der Waals surface area contributed by atoms with Gasteiger partial charge in [-0.05, 0) is 19.1 Å². The van der Waals surface area contributed by atoms with Crippen molar-refractivity contribution in [3.8, 4) is 0 Å². The molecular formula is C8H9N2O6S-. The van der Waals surface area contributed by atoms with Gasteiger partial charge in [0.05, 0.1) is 12.8 Å². The second-order valence-electron chi connectivity index (χ2n) is 2.70. The van der Waals surface area contributed by atoms with Gasteiger partial charge in [0, 0.05) is 0 Å². The van der Waals surface area contributed by atoms with Crippen molar-refractivity contribution in [3.05, 3.63) is 17.9 Å². The minimum atomic E-state index is -4.62. The number of amides is 1. The smallest absolute Gasteiger partial charge is 0.427 e. The van der Waals surface area contributed by atoms with Crippen molar-refractivity contribution in [3.63, 3.8) is 0 Å². The van der Waals surface area contributed by atoms with Crippen LogP contribution in [-0.4, -0.2) is 31.9 Å². The molecule has 1 heterocycles. The first-order chi connectivity index (χ1) is 7.93. The maximum absolute atomic E-state index is 10.8. The van der Waals surface area contributed by atoms with E-state index in [9.17, 15) is 17.8 Å². The molecule has 0 aromatic carbocycles. The van der Waals surface area contributed by atoms with Crippen molar-refractivity contribution >= 4 is 22.4 Å². The molecule has 17 heavy (non-hydrogen) atoms. The summed E-state index contributed by atoms with van der Waals surface area (Å²) in [5.41, 5.74) is 2.00. The normalized spacial score (nSPS) is 11.6. The third-order valence-electron chi connectivity index (χ3n) is 1.47. The highest BCUT2D eigenvalue weighted by molar-refractivity contribution is 7.85. The van der Waals surface area contributed by atoms with Crippen LogP contribution in [-0.2, 0) is 14.9 Å². The van der Waals surface area contributed by atoms with E-state index in [2.05, 4.69) is 14.3 Å². The Kier molecular flexibility index (Phi) is 4.24. The predicted octanol–water partition coefficient (Wildman–Crippen LogP) is 0.264. The van der Waals surface area contributed by atoms with Gasteiger partial charge in [0.1, 0.15) is 5.76 Å². The molecule has 0 fully saturated rings. The number of ether oxygens (including phenoxy) is 1. The number of nitrogens with one attached hydrogen (secondary N) is 1. The number of furan rings is 1. The van der Waals surface area contributed by atoms with E-state index in [1.54, 1.807) is 6.92 Å². The zero-order chi connectivity index (χ0) is 12.9. The minimum Gasteiger partial charge on any atom is -0.742 e. The molecule has 0 aliphatic rings. The maximum Gasteiger partial charge on any atom is 0.427 e. The quantitative estimate of drug-likeness (QED) is 0.471. The third-order valence-corrected chi connectivity index (χ3v) is 2.18. The number of hydrogen-bond donors (Lipinski definition) is 1. The van der Waals surface area contributed by atoms with Crippen LogP contribution in [0.2, 0.25) is 0 Å². The molecule has 0 bridgehead atoms. The van der Waals surface area contributed by atoms with Crippen molar-refractivity contribution in [2.75, 3.05) is 6.61 Å². The number of carbonyl (C=O) groups excluding carboxylic acids is 1. The molecule has 1 aromatic rings. The topological polar surface area (TPSA) is 121 Å². The first-order valence-corrected chi connectivity index (χ1v) is 5.86. The Bertz CT molecular complexity index is 518. The van der Waals surface area contributed by atoms with E-state index in [4.69, 9.17) is 0 Å². The molecule has 0 atom stereocenters. The van der Waals surface area contributed by atoms with E-state index in [0.29, 0.717) is 0 Å². The summed E-state index contributed by atoms with van der Waals surface area (Å²) in [6.07, 6.45) is 0.276. The van der Waals surface area contributed by atoms with Crippen LogP contribution in [0.1, 0.15) is 12.7 Å². The van der Waals surface area contributed by atoms with Gasteiger partial charge in [-0.1, -0.05) is 0 Å². The first kappa shape index (κ1) is 13.2. The summed E-state index contributed by atoms with van der Waals surface area (Å²) in [4.78, 5) is 10.8. The van der Waals surface area contributed by atoms with Crippen molar-refractivity contribution in [1.29, 1.82) is 0 Å². The van der Waals surface area contributed by atoms with E-state index in [1.165, 1.54) is 6.07 Å². The summed E-state index contributed by atoms with van der Waals surface area (Å²) in [6, 6.07) is 2.22. The molecule has 0 spiro atoms. The second-order valence-corrected chi connectivity index (χ2v) is 4.01. The zero-order valence-corrected chi connectivity index (χ0v) is 9.56. The van der Waals surface area contributed by atoms with Gasteiger partial charge in [-0.3, -0.25) is 0 Å². The van der Waals surface area contributed by atoms with Gasteiger partial charge in [0.2, 0.25) is 5.09 Å². The average molecular weight is 261 g/mol.